The smallest absolute Gasteiger partial charge is 0.306 e. The van der Waals surface area contributed by atoms with Gasteiger partial charge in [0.1, 0.15) is 0 Å². The molecule has 170 valence electrons. The highest BCUT2D eigenvalue weighted by molar-refractivity contribution is 5.94. The SMILES string of the molecule is CC12CCC(C1)C(C)(C)C2NC(=O)c1nn(C2CCCCC2)c2c1CC(C(=O)O)CC2. The third-order valence-corrected chi connectivity index (χ3v) is 9.33. The number of rotatable bonds is 4. The fourth-order valence-electron chi connectivity index (χ4n) is 7.53. The van der Waals surface area contributed by atoms with E-state index in [1.165, 1.54) is 38.5 Å². The van der Waals surface area contributed by atoms with Crippen molar-refractivity contribution in [1.82, 2.24) is 15.1 Å². The molecule has 4 aliphatic rings. The molecule has 1 aromatic rings. The Balaban J connectivity index is 1.47. The molecule has 3 fully saturated rings. The van der Waals surface area contributed by atoms with Gasteiger partial charge in [-0.1, -0.05) is 40.0 Å². The van der Waals surface area contributed by atoms with E-state index in [2.05, 4.69) is 30.8 Å². The summed E-state index contributed by atoms with van der Waals surface area (Å²) in [5, 5.41) is 17.9. The van der Waals surface area contributed by atoms with Gasteiger partial charge < -0.3 is 10.4 Å². The van der Waals surface area contributed by atoms with Gasteiger partial charge in [0.05, 0.1) is 12.0 Å². The molecule has 1 amide bonds. The molecule has 6 heteroatoms. The lowest BCUT2D eigenvalue weighted by molar-refractivity contribution is -0.142. The molecule has 1 heterocycles. The molecule has 3 saturated carbocycles. The van der Waals surface area contributed by atoms with Gasteiger partial charge in [0, 0.05) is 17.3 Å². The van der Waals surface area contributed by atoms with Crippen LogP contribution in [0.3, 0.4) is 0 Å². The van der Waals surface area contributed by atoms with Crippen LogP contribution < -0.4 is 5.32 Å². The van der Waals surface area contributed by atoms with Crippen molar-refractivity contribution in [3.05, 3.63) is 17.0 Å². The van der Waals surface area contributed by atoms with E-state index in [1.54, 1.807) is 0 Å². The quantitative estimate of drug-likeness (QED) is 0.740. The highest BCUT2D eigenvalue weighted by atomic mass is 16.4. The van der Waals surface area contributed by atoms with Crippen molar-refractivity contribution < 1.29 is 14.7 Å². The minimum Gasteiger partial charge on any atom is -0.481 e. The number of hydrogen-bond donors (Lipinski definition) is 2. The first-order valence-corrected chi connectivity index (χ1v) is 12.3. The van der Waals surface area contributed by atoms with Crippen LogP contribution in [0.5, 0.6) is 0 Å². The van der Waals surface area contributed by atoms with Crippen LogP contribution in [0.4, 0.5) is 0 Å². The third-order valence-electron chi connectivity index (χ3n) is 9.33. The largest absolute Gasteiger partial charge is 0.481 e. The molecule has 0 saturated heterocycles. The van der Waals surface area contributed by atoms with Crippen molar-refractivity contribution >= 4 is 11.9 Å². The summed E-state index contributed by atoms with van der Waals surface area (Å²) in [6.07, 6.45) is 11.3. The van der Waals surface area contributed by atoms with Gasteiger partial charge in [-0.25, -0.2) is 0 Å². The van der Waals surface area contributed by atoms with E-state index < -0.39 is 11.9 Å². The van der Waals surface area contributed by atoms with Crippen LogP contribution in [0, 0.1) is 22.7 Å². The summed E-state index contributed by atoms with van der Waals surface area (Å²) in [5.74, 6) is -0.611. The molecule has 5 rings (SSSR count). The van der Waals surface area contributed by atoms with Crippen LogP contribution in [-0.2, 0) is 17.6 Å². The second kappa shape index (κ2) is 7.35. The van der Waals surface area contributed by atoms with Gasteiger partial charge in [0.2, 0.25) is 0 Å². The lowest BCUT2D eigenvalue weighted by Crippen LogP contribution is -2.52. The van der Waals surface area contributed by atoms with Crippen LogP contribution in [0.15, 0.2) is 0 Å². The molecule has 0 aliphatic heterocycles. The van der Waals surface area contributed by atoms with Crippen molar-refractivity contribution in [2.24, 2.45) is 22.7 Å². The molecule has 2 N–H and O–H groups in total. The van der Waals surface area contributed by atoms with E-state index in [0.29, 0.717) is 36.9 Å². The summed E-state index contributed by atoms with van der Waals surface area (Å²) < 4.78 is 2.12. The highest BCUT2D eigenvalue weighted by Gasteiger charge is 2.59. The lowest BCUT2D eigenvalue weighted by atomic mass is 9.68. The number of carboxylic acid groups (broad SMARTS) is 1. The van der Waals surface area contributed by atoms with Crippen molar-refractivity contribution in [2.75, 3.05) is 0 Å². The van der Waals surface area contributed by atoms with Crippen LogP contribution >= 0.6 is 0 Å². The molecule has 31 heavy (non-hydrogen) atoms. The van der Waals surface area contributed by atoms with Crippen LogP contribution in [0.2, 0.25) is 0 Å². The minimum atomic E-state index is -0.760. The van der Waals surface area contributed by atoms with Gasteiger partial charge in [0.25, 0.3) is 5.91 Å². The number of carbonyl (C=O) groups is 2. The first-order valence-electron chi connectivity index (χ1n) is 12.3. The van der Waals surface area contributed by atoms with Gasteiger partial charge in [-0.15, -0.1) is 0 Å². The van der Waals surface area contributed by atoms with E-state index in [4.69, 9.17) is 5.10 Å². The molecule has 4 aliphatic carbocycles. The third kappa shape index (κ3) is 3.32. The molecule has 1 aromatic heterocycles. The van der Waals surface area contributed by atoms with Gasteiger partial charge >= 0.3 is 5.97 Å². The summed E-state index contributed by atoms with van der Waals surface area (Å²) in [4.78, 5) is 25.3. The number of fused-ring (bicyclic) bond motifs is 3. The zero-order valence-electron chi connectivity index (χ0n) is 19.2. The Hall–Kier alpha value is -1.85. The van der Waals surface area contributed by atoms with Crippen LogP contribution in [0.25, 0.3) is 0 Å². The maximum absolute atomic E-state index is 13.6. The number of carboxylic acids is 1. The molecule has 4 atom stereocenters. The highest BCUT2D eigenvalue weighted by Crippen LogP contribution is 2.62. The van der Waals surface area contributed by atoms with Crippen molar-refractivity contribution in [1.29, 1.82) is 0 Å². The number of aromatic nitrogens is 2. The maximum atomic E-state index is 13.6. The van der Waals surface area contributed by atoms with Gasteiger partial charge in [-0.2, -0.15) is 5.10 Å². The second-order valence-corrected chi connectivity index (χ2v) is 11.6. The molecular weight excluding hydrogens is 390 g/mol. The van der Waals surface area contributed by atoms with Gasteiger partial charge in [0.15, 0.2) is 5.69 Å². The van der Waals surface area contributed by atoms with E-state index in [-0.39, 0.29) is 22.8 Å². The summed E-state index contributed by atoms with van der Waals surface area (Å²) in [7, 11) is 0. The summed E-state index contributed by atoms with van der Waals surface area (Å²) >= 11 is 0. The Bertz CT molecular complexity index is 893. The lowest BCUT2D eigenvalue weighted by Gasteiger charge is -2.43. The Labute approximate surface area is 185 Å². The maximum Gasteiger partial charge on any atom is 0.306 e. The number of nitrogens with one attached hydrogen (secondary N) is 1. The van der Waals surface area contributed by atoms with Gasteiger partial charge in [-0.05, 0) is 68.1 Å². The van der Waals surface area contributed by atoms with E-state index >= 15 is 0 Å². The number of amides is 1. The van der Waals surface area contributed by atoms with E-state index in [0.717, 1.165) is 24.1 Å². The molecule has 6 nitrogen and oxygen atoms in total. The predicted octanol–water partition coefficient (Wildman–Crippen LogP) is 4.52. The van der Waals surface area contributed by atoms with E-state index in [1.807, 2.05) is 0 Å². The molecule has 4 unspecified atom stereocenters. The monoisotopic (exact) mass is 427 g/mol. The van der Waals surface area contributed by atoms with Crippen molar-refractivity contribution in [2.45, 2.75) is 103 Å². The van der Waals surface area contributed by atoms with Gasteiger partial charge in [-0.3, -0.25) is 14.3 Å². The number of hydrogen-bond acceptors (Lipinski definition) is 3. The number of aliphatic carboxylic acids is 1. The molecular formula is C25H37N3O3. The molecule has 0 radical (unpaired) electrons. The zero-order chi connectivity index (χ0) is 22.0. The van der Waals surface area contributed by atoms with Crippen molar-refractivity contribution in [3.63, 3.8) is 0 Å². The number of carbonyl (C=O) groups excluding carboxylic acids is 1. The summed E-state index contributed by atoms with van der Waals surface area (Å²) in [5.41, 5.74) is 2.74. The van der Waals surface area contributed by atoms with Crippen molar-refractivity contribution in [3.8, 4) is 0 Å². The Kier molecular flexibility index (Phi) is 4.98. The molecule has 2 bridgehead atoms. The topological polar surface area (TPSA) is 84.2 Å². The average Bonchev–Trinajstić information content (AvgIpc) is 3.38. The van der Waals surface area contributed by atoms with Crippen LogP contribution in [0.1, 0.15) is 106 Å². The standard InChI is InChI=1S/C25H37N3O3/c1-24(2)16-11-12-25(3,14-16)23(24)26-21(29)20-18-13-15(22(30)31)9-10-19(18)28(27-20)17-7-5-4-6-8-17/h15-17,23H,4-14H2,1-3H3,(H,26,29)(H,30,31). The minimum absolute atomic E-state index is 0.0816. The fraction of sp³-hybridized carbons (Fsp3) is 0.800. The average molecular weight is 428 g/mol. The summed E-state index contributed by atoms with van der Waals surface area (Å²) in [6.45, 7) is 6.91. The second-order valence-electron chi connectivity index (χ2n) is 11.6. The number of nitrogens with zero attached hydrogens (tertiary/aromatic N) is 2. The Morgan fingerprint density at radius 3 is 2.48 bits per heavy atom. The Morgan fingerprint density at radius 2 is 1.84 bits per heavy atom. The van der Waals surface area contributed by atoms with Crippen LogP contribution in [-0.4, -0.2) is 32.8 Å². The molecule has 0 aromatic carbocycles. The predicted molar refractivity (Wildman–Crippen MR) is 118 cm³/mol. The normalized spacial score (nSPS) is 34.5. The first-order chi connectivity index (χ1) is 14.7. The fourth-order valence-corrected chi connectivity index (χ4v) is 7.53. The zero-order valence-corrected chi connectivity index (χ0v) is 19.2. The molecule has 0 spiro atoms. The summed E-state index contributed by atoms with van der Waals surface area (Å²) in [6, 6.07) is 0.488. The van der Waals surface area contributed by atoms with E-state index in [9.17, 15) is 14.7 Å². The Morgan fingerprint density at radius 1 is 1.10 bits per heavy atom. The first kappa shape index (κ1) is 21.0.